The number of para-hydroxylation sites is 5. The number of anilines is 5. The lowest BCUT2D eigenvalue weighted by atomic mass is 9.78. The molecule has 7 atom stereocenters. The van der Waals surface area contributed by atoms with Crippen molar-refractivity contribution in [1.82, 2.24) is 24.5 Å². The molecule has 0 radical (unpaired) electrons. The van der Waals surface area contributed by atoms with E-state index in [1.807, 2.05) is 99.6 Å². The van der Waals surface area contributed by atoms with Crippen molar-refractivity contribution in [3.05, 3.63) is 221 Å². The van der Waals surface area contributed by atoms with Gasteiger partial charge in [-0.25, -0.2) is 4.39 Å². The van der Waals surface area contributed by atoms with Crippen molar-refractivity contribution in [2.45, 2.75) is 418 Å². The molecule has 4 bridgehead atoms. The molecular weight excluding hydrogens is 1800 g/mol. The molecule has 24 rings (SSSR count). The third-order valence-electron chi connectivity index (χ3n) is 38.2. The first-order chi connectivity index (χ1) is 70.4. The first-order valence-corrected chi connectivity index (χ1v) is 56.9. The van der Waals surface area contributed by atoms with Crippen LogP contribution in [0.5, 0.6) is 0 Å². The molecule has 7 saturated heterocycles. The van der Waals surface area contributed by atoms with Gasteiger partial charge in [0.15, 0.2) is 11.6 Å². The standard InChI is InChI=1S/C28H28N2O.2C25H34N2O2.C24H32N2O3.C23H31FN2O/c1-19-26(31)18-21-7-3-4-12-24(21)30(19)28(2)13-15-29(16-14-28)25-17-22-10-5-8-20-9-6-11-23(25)27(20)22;2*1-25-14-13-20(27(25)19-10-5-3-2-4-6-11-19)16-21(17-25)26-22-12-8-7-9-18(22)15-23(28)24(26)29;1-18(27)24(13-7-3-2-4-8-14-24)25-15-11-20(12-16-25)26-21-10-6-5-9-19(21)17-22(28)23(26)29;1-17-22(27)16-18-8-7-11-21(24)23(18)26(17)20-12-14-25(15-13-20)19-9-5-3-2-4-6-10-19/h3-12,25H,1,13-18H2,2H3;2*7-9,12,19-21H,2-6,10-11,13-17H2,1H3;5-6,9-10,20H,2-4,7-8,11-17H2,1H3;7-8,11,19-20H,1-6,9-10,12-16H2/t;20-,21+,25+;20-,21-,25+;;/m.00../s1. The molecule has 17 aliphatic rings. The van der Waals surface area contributed by atoms with Crippen molar-refractivity contribution < 1.29 is 47.5 Å². The van der Waals surface area contributed by atoms with Gasteiger partial charge >= 0.3 is 0 Å². The summed E-state index contributed by atoms with van der Waals surface area (Å²) in [5.74, 6) is -1.49. The molecule has 1 unspecified atom stereocenters. The van der Waals surface area contributed by atoms with Gasteiger partial charge in [0.2, 0.25) is 17.3 Å². The second-order valence-electron chi connectivity index (χ2n) is 47.2. The zero-order valence-electron chi connectivity index (χ0n) is 87.3. The zero-order valence-corrected chi connectivity index (χ0v) is 87.3. The predicted molar refractivity (Wildman–Crippen MR) is 577 cm³/mol. The summed E-state index contributed by atoms with van der Waals surface area (Å²) in [5, 5.41) is 2.83. The van der Waals surface area contributed by atoms with E-state index in [0.717, 1.165) is 180 Å². The minimum atomic E-state index is -0.366. The third kappa shape index (κ3) is 20.9. The molecule has 5 aliphatic carbocycles. The van der Waals surface area contributed by atoms with E-state index >= 15 is 0 Å². The van der Waals surface area contributed by atoms with Gasteiger partial charge < -0.3 is 29.4 Å². The number of ketones is 6. The Hall–Kier alpha value is -9.96. The van der Waals surface area contributed by atoms with Crippen LogP contribution in [0.4, 0.5) is 32.8 Å². The molecule has 20 heteroatoms. The topological polar surface area (TPSA) is 186 Å². The summed E-state index contributed by atoms with van der Waals surface area (Å²) in [7, 11) is 0. The van der Waals surface area contributed by atoms with Gasteiger partial charge in [-0.15, -0.1) is 0 Å². The molecule has 145 heavy (non-hydrogen) atoms. The maximum absolute atomic E-state index is 14.6. The highest BCUT2D eigenvalue weighted by molar-refractivity contribution is 6.44. The predicted octanol–water partition coefficient (Wildman–Crippen LogP) is 23.3. The van der Waals surface area contributed by atoms with Gasteiger partial charge in [0.05, 0.1) is 22.6 Å². The molecule has 4 saturated carbocycles. The van der Waals surface area contributed by atoms with Gasteiger partial charge in [0.1, 0.15) is 11.6 Å². The van der Waals surface area contributed by atoms with E-state index in [2.05, 4.69) is 118 Å². The summed E-state index contributed by atoms with van der Waals surface area (Å²) < 4.78 is 14.6. The van der Waals surface area contributed by atoms with Crippen molar-refractivity contribution in [3.8, 4) is 0 Å². The van der Waals surface area contributed by atoms with E-state index in [0.29, 0.717) is 65.5 Å². The normalized spacial score (nSPS) is 27.7. The lowest BCUT2D eigenvalue weighted by molar-refractivity contribution is -0.137. The smallest absolute Gasteiger partial charge is 0.294 e. The van der Waals surface area contributed by atoms with Crippen LogP contribution in [0.25, 0.3) is 10.8 Å². The van der Waals surface area contributed by atoms with Crippen LogP contribution in [-0.2, 0) is 81.7 Å². The number of nitrogens with zero attached hydrogens (tertiary/aromatic N) is 10. The van der Waals surface area contributed by atoms with Crippen molar-refractivity contribution >= 4 is 91.6 Å². The van der Waals surface area contributed by atoms with Gasteiger partial charge in [-0.3, -0.25) is 62.8 Å². The average molecular weight is 1960 g/mol. The molecule has 0 N–H and O–H groups in total. The van der Waals surface area contributed by atoms with Crippen LogP contribution < -0.4 is 24.5 Å². The van der Waals surface area contributed by atoms with Gasteiger partial charge in [-0.2, -0.15) is 0 Å². The maximum atomic E-state index is 14.6. The van der Waals surface area contributed by atoms with E-state index in [4.69, 9.17) is 0 Å². The summed E-state index contributed by atoms with van der Waals surface area (Å²) in [6.45, 7) is 22.9. The van der Waals surface area contributed by atoms with Gasteiger partial charge in [0, 0.05) is 171 Å². The number of amides is 3. The number of carbonyl (C=O) groups excluding carboxylic acids is 9. The molecule has 7 aromatic rings. The van der Waals surface area contributed by atoms with Crippen LogP contribution in [0.3, 0.4) is 0 Å². The number of allylic oxidation sites excluding steroid dienone is 2. The molecule has 770 valence electrons. The second kappa shape index (κ2) is 44.4. The van der Waals surface area contributed by atoms with Gasteiger partial charge in [0.25, 0.3) is 17.7 Å². The van der Waals surface area contributed by atoms with Crippen molar-refractivity contribution in [2.24, 2.45) is 0 Å². The SMILES string of the molecule is C=C1C(=O)Cc2cccc(F)c2N1C1CCN(C2CCCCCCC2)CC1.C=C1C(=O)Cc2ccccc2N1C1(C)CCN(C2Cc3cccc4cccc2c34)CC1.CC(=O)C1(N2CCC(N3C(=O)C(=O)Cc4ccccc43)CC2)CCCCCCC1.C[C@@]12CC[C@@H](C[C@@H](N3C(=O)C(=O)Cc4ccccc43)C1)N2C1CCCCCCC1.C[C@@]12CC[C@@H](C[C@H](N3C(=O)C(=O)Cc4ccccc43)C1)N2C1CCCCCCC1. The van der Waals surface area contributed by atoms with Crippen molar-refractivity contribution in [1.29, 1.82) is 0 Å². The number of halogens is 1. The Labute approximate surface area is 861 Å². The number of hydrogen-bond acceptors (Lipinski definition) is 16. The van der Waals surface area contributed by atoms with Crippen LogP contribution in [0.1, 0.15) is 342 Å². The fraction of sp³-hybridized carbons (Fsp3) is 0.576. The van der Waals surface area contributed by atoms with E-state index in [-0.39, 0.29) is 124 Å². The number of carbonyl (C=O) groups is 9. The summed E-state index contributed by atoms with van der Waals surface area (Å²) in [4.78, 5) is 137. The quantitative estimate of drug-likeness (QED) is 0.0878. The number of Topliss-reactive ketones (excluding diaryl/α,β-unsaturated/α-hetero) is 6. The van der Waals surface area contributed by atoms with Gasteiger partial charge in [-0.05, 0) is 255 Å². The molecule has 7 aromatic carbocycles. The van der Waals surface area contributed by atoms with Crippen molar-refractivity contribution in [3.63, 3.8) is 0 Å². The fourth-order valence-electron chi connectivity index (χ4n) is 30.9. The highest BCUT2D eigenvalue weighted by Crippen LogP contribution is 2.54. The minimum absolute atomic E-state index is 0.0237. The first-order valence-electron chi connectivity index (χ1n) is 56.9. The van der Waals surface area contributed by atoms with Crippen LogP contribution >= 0.6 is 0 Å². The van der Waals surface area contributed by atoms with Crippen LogP contribution in [0.2, 0.25) is 0 Å². The Morgan fingerprint density at radius 2 is 0.703 bits per heavy atom. The summed E-state index contributed by atoms with van der Waals surface area (Å²) in [6, 6.07) is 54.8. The highest BCUT2D eigenvalue weighted by atomic mass is 19.1. The van der Waals surface area contributed by atoms with E-state index in [1.165, 1.54) is 213 Å². The molecular formula is C125H159FN10O9. The van der Waals surface area contributed by atoms with E-state index in [1.54, 1.807) is 17.9 Å². The number of fused-ring (bicyclic) bond motifs is 9. The minimum Gasteiger partial charge on any atom is -0.333 e. The summed E-state index contributed by atoms with van der Waals surface area (Å²) >= 11 is 0. The number of piperidine rings is 5. The summed E-state index contributed by atoms with van der Waals surface area (Å²) in [5.41, 5.74) is 13.5. The summed E-state index contributed by atoms with van der Waals surface area (Å²) in [6.07, 6.45) is 53.5. The Morgan fingerprint density at radius 3 is 1.18 bits per heavy atom. The number of hydrogen-bond donors (Lipinski definition) is 0. The molecule has 12 heterocycles. The number of benzene rings is 7. The number of likely N-dealkylation sites (tertiary alicyclic amines) is 3. The molecule has 19 nitrogen and oxygen atoms in total. The average Bonchev–Trinajstić information content (AvgIpc) is 1.58. The van der Waals surface area contributed by atoms with Crippen molar-refractivity contribution in [2.75, 3.05) is 63.8 Å². The largest absolute Gasteiger partial charge is 0.333 e. The lowest BCUT2D eigenvalue weighted by Crippen LogP contribution is -2.61. The Balaban J connectivity index is 0.000000110. The van der Waals surface area contributed by atoms with Gasteiger partial charge in [-0.1, -0.05) is 263 Å². The molecule has 12 aliphatic heterocycles. The first kappa shape index (κ1) is 102. The maximum Gasteiger partial charge on any atom is 0.294 e. The van der Waals surface area contributed by atoms with E-state index in [9.17, 15) is 47.5 Å². The molecule has 0 spiro atoms. The number of rotatable bonds is 11. The Bertz CT molecular complexity index is 5810. The molecule has 3 amide bonds. The second-order valence-corrected chi connectivity index (χ2v) is 47.2. The molecule has 11 fully saturated rings. The van der Waals surface area contributed by atoms with Crippen LogP contribution in [0, 0.1) is 5.82 Å². The Morgan fingerprint density at radius 1 is 0.324 bits per heavy atom. The monoisotopic (exact) mass is 1960 g/mol. The highest BCUT2D eigenvalue weighted by Gasteiger charge is 2.57. The van der Waals surface area contributed by atoms with Crippen LogP contribution in [-0.4, -0.2) is 193 Å². The fourth-order valence-corrected chi connectivity index (χ4v) is 30.9. The zero-order chi connectivity index (χ0) is 100. The van der Waals surface area contributed by atoms with Crippen LogP contribution in [0.15, 0.2) is 176 Å². The lowest BCUT2D eigenvalue weighted by Gasteiger charge is -2.52. The van der Waals surface area contributed by atoms with E-state index < -0.39 is 0 Å². The molecule has 0 aromatic heterocycles. The third-order valence-corrected chi connectivity index (χ3v) is 38.2. The Kier molecular flexibility index (Phi) is 31.3.